The van der Waals surface area contributed by atoms with E-state index in [-0.39, 0.29) is 12.5 Å². The van der Waals surface area contributed by atoms with E-state index in [1.807, 2.05) is 18.2 Å². The molecule has 0 aliphatic rings. The zero-order valence-electron chi connectivity index (χ0n) is 10.8. The van der Waals surface area contributed by atoms with Gasteiger partial charge in [-0.05, 0) is 30.7 Å². The summed E-state index contributed by atoms with van der Waals surface area (Å²) in [4.78, 5) is 16.6. The molecule has 2 heterocycles. The minimum Gasteiger partial charge on any atom is -0.386 e. The summed E-state index contributed by atoms with van der Waals surface area (Å²) in [6.07, 6.45) is 1.94. The Hall–Kier alpha value is -1.43. The molecule has 1 atom stereocenters. The average molecular weight is 311 g/mol. The van der Waals surface area contributed by atoms with Crippen LogP contribution in [0.4, 0.5) is 0 Å². The summed E-state index contributed by atoms with van der Waals surface area (Å²) in [6, 6.07) is 9.11. The van der Waals surface area contributed by atoms with Gasteiger partial charge < -0.3 is 10.4 Å². The number of aryl methyl sites for hydroxylation is 1. The highest BCUT2D eigenvalue weighted by atomic mass is 35.5. The highest BCUT2D eigenvalue weighted by Crippen LogP contribution is 2.26. The Kier molecular flexibility index (Phi) is 5.52. The molecule has 0 bridgehead atoms. The number of hydrogen-bond donors (Lipinski definition) is 2. The van der Waals surface area contributed by atoms with Crippen LogP contribution >= 0.6 is 22.9 Å². The molecule has 0 radical (unpaired) electrons. The van der Waals surface area contributed by atoms with Crippen molar-refractivity contribution < 1.29 is 9.90 Å². The SMILES string of the molecule is O=C(CCc1ccccn1)NC[C@@H](O)c1ccc(Cl)s1. The Bertz CT molecular complexity index is 559. The number of rotatable bonds is 6. The summed E-state index contributed by atoms with van der Waals surface area (Å²) in [6.45, 7) is 0.192. The molecule has 0 fully saturated rings. The first kappa shape index (κ1) is 15.0. The van der Waals surface area contributed by atoms with Gasteiger partial charge >= 0.3 is 0 Å². The highest BCUT2D eigenvalue weighted by molar-refractivity contribution is 7.16. The number of halogens is 1. The molecule has 0 unspecified atom stereocenters. The zero-order chi connectivity index (χ0) is 14.4. The van der Waals surface area contributed by atoms with Crippen LogP contribution in [0.5, 0.6) is 0 Å². The van der Waals surface area contributed by atoms with E-state index >= 15 is 0 Å². The minimum absolute atomic E-state index is 0.0997. The molecule has 0 spiro atoms. The fourth-order valence-corrected chi connectivity index (χ4v) is 2.74. The number of hydrogen-bond acceptors (Lipinski definition) is 4. The molecule has 1 amide bonds. The predicted molar refractivity (Wildman–Crippen MR) is 79.9 cm³/mol. The number of thiophene rings is 1. The van der Waals surface area contributed by atoms with Gasteiger partial charge in [-0.15, -0.1) is 11.3 Å². The molecule has 2 rings (SSSR count). The van der Waals surface area contributed by atoms with E-state index in [9.17, 15) is 9.90 Å². The highest BCUT2D eigenvalue weighted by Gasteiger charge is 2.11. The van der Waals surface area contributed by atoms with Gasteiger partial charge in [-0.3, -0.25) is 9.78 Å². The van der Waals surface area contributed by atoms with Crippen LogP contribution in [-0.4, -0.2) is 22.5 Å². The van der Waals surface area contributed by atoms with Crippen LogP contribution in [0.1, 0.15) is 23.1 Å². The Morgan fingerprint density at radius 2 is 2.25 bits per heavy atom. The normalized spacial score (nSPS) is 12.1. The summed E-state index contributed by atoms with van der Waals surface area (Å²) in [5.41, 5.74) is 0.883. The molecule has 2 aromatic heterocycles. The maximum Gasteiger partial charge on any atom is 0.220 e. The van der Waals surface area contributed by atoms with Gasteiger partial charge in [0, 0.05) is 29.7 Å². The van der Waals surface area contributed by atoms with E-state index < -0.39 is 6.10 Å². The van der Waals surface area contributed by atoms with Crippen molar-refractivity contribution in [3.05, 3.63) is 51.4 Å². The van der Waals surface area contributed by atoms with E-state index in [1.54, 1.807) is 18.3 Å². The first-order valence-electron chi connectivity index (χ1n) is 6.25. The number of nitrogens with zero attached hydrogens (tertiary/aromatic N) is 1. The summed E-state index contributed by atoms with van der Waals surface area (Å²) in [5.74, 6) is -0.0997. The standard InChI is InChI=1S/C14H15ClN2O2S/c15-13-6-5-12(20-13)11(18)9-17-14(19)7-4-10-3-1-2-8-16-10/h1-3,5-6,8,11,18H,4,7,9H2,(H,17,19)/t11-/m1/s1. The number of aromatic nitrogens is 1. The molecule has 106 valence electrons. The number of carbonyl (C=O) groups is 1. The van der Waals surface area contributed by atoms with Crippen molar-refractivity contribution >= 4 is 28.8 Å². The fraction of sp³-hybridized carbons (Fsp3) is 0.286. The van der Waals surface area contributed by atoms with Crippen LogP contribution in [0.3, 0.4) is 0 Å². The van der Waals surface area contributed by atoms with Gasteiger partial charge in [0.2, 0.25) is 5.91 Å². The molecule has 0 aromatic carbocycles. The third-order valence-electron chi connectivity index (χ3n) is 2.75. The van der Waals surface area contributed by atoms with E-state index in [2.05, 4.69) is 10.3 Å². The van der Waals surface area contributed by atoms with Crippen LogP contribution < -0.4 is 5.32 Å². The van der Waals surface area contributed by atoms with Gasteiger partial charge in [-0.25, -0.2) is 0 Å². The second-order valence-corrected chi connectivity index (χ2v) is 6.03. The molecular formula is C14H15ClN2O2S. The van der Waals surface area contributed by atoms with Crippen LogP contribution in [0.15, 0.2) is 36.5 Å². The summed E-state index contributed by atoms with van der Waals surface area (Å²) in [7, 11) is 0. The second kappa shape index (κ2) is 7.38. The molecule has 4 nitrogen and oxygen atoms in total. The lowest BCUT2D eigenvalue weighted by Crippen LogP contribution is -2.28. The molecule has 0 aliphatic carbocycles. The van der Waals surface area contributed by atoms with Gasteiger partial charge in [0.05, 0.1) is 4.34 Å². The van der Waals surface area contributed by atoms with Gasteiger partial charge in [0.15, 0.2) is 0 Å². The number of amides is 1. The second-order valence-electron chi connectivity index (χ2n) is 4.28. The fourth-order valence-electron chi connectivity index (χ4n) is 1.69. The minimum atomic E-state index is -0.716. The first-order valence-corrected chi connectivity index (χ1v) is 7.44. The third kappa shape index (κ3) is 4.59. The number of carbonyl (C=O) groups excluding carboxylic acids is 1. The van der Waals surface area contributed by atoms with Crippen LogP contribution in [-0.2, 0) is 11.2 Å². The van der Waals surface area contributed by atoms with Crippen molar-refractivity contribution in [3.63, 3.8) is 0 Å². The zero-order valence-corrected chi connectivity index (χ0v) is 12.3. The van der Waals surface area contributed by atoms with Crippen molar-refractivity contribution in [1.82, 2.24) is 10.3 Å². The van der Waals surface area contributed by atoms with Crippen molar-refractivity contribution in [2.24, 2.45) is 0 Å². The van der Waals surface area contributed by atoms with E-state index in [4.69, 9.17) is 11.6 Å². The van der Waals surface area contributed by atoms with E-state index in [0.717, 1.165) is 10.6 Å². The predicted octanol–water partition coefficient (Wildman–Crippen LogP) is 2.58. The summed E-state index contributed by atoms with van der Waals surface area (Å²) in [5, 5.41) is 12.6. The topological polar surface area (TPSA) is 62.2 Å². The first-order chi connectivity index (χ1) is 9.65. The lowest BCUT2D eigenvalue weighted by molar-refractivity contribution is -0.121. The van der Waals surface area contributed by atoms with E-state index in [0.29, 0.717) is 17.2 Å². The number of aliphatic hydroxyl groups is 1. The number of pyridine rings is 1. The van der Waals surface area contributed by atoms with Gasteiger partial charge in [-0.2, -0.15) is 0 Å². The maximum atomic E-state index is 11.7. The molecule has 6 heteroatoms. The van der Waals surface area contributed by atoms with Gasteiger partial charge in [0.25, 0.3) is 0 Å². The average Bonchev–Trinajstić information content (AvgIpc) is 2.90. The van der Waals surface area contributed by atoms with Crippen molar-refractivity contribution in [3.8, 4) is 0 Å². The lowest BCUT2D eigenvalue weighted by Gasteiger charge is -2.10. The van der Waals surface area contributed by atoms with E-state index in [1.165, 1.54) is 11.3 Å². The molecule has 2 N–H and O–H groups in total. The van der Waals surface area contributed by atoms with Crippen molar-refractivity contribution in [2.75, 3.05) is 6.54 Å². The Morgan fingerprint density at radius 1 is 1.40 bits per heavy atom. The van der Waals surface area contributed by atoms with Gasteiger partial charge in [0.1, 0.15) is 6.10 Å². The Labute approximate surface area is 126 Å². The van der Waals surface area contributed by atoms with Crippen molar-refractivity contribution in [1.29, 1.82) is 0 Å². The lowest BCUT2D eigenvalue weighted by atomic mass is 10.2. The number of nitrogens with one attached hydrogen (secondary N) is 1. The molecular weight excluding hydrogens is 296 g/mol. The summed E-state index contributed by atoms with van der Waals surface area (Å²) >= 11 is 7.11. The van der Waals surface area contributed by atoms with Crippen LogP contribution in [0, 0.1) is 0 Å². The molecule has 0 aliphatic heterocycles. The van der Waals surface area contributed by atoms with Crippen LogP contribution in [0.2, 0.25) is 4.34 Å². The molecule has 20 heavy (non-hydrogen) atoms. The van der Waals surface area contributed by atoms with Gasteiger partial charge in [-0.1, -0.05) is 17.7 Å². The number of aliphatic hydroxyl groups excluding tert-OH is 1. The van der Waals surface area contributed by atoms with Crippen molar-refractivity contribution in [2.45, 2.75) is 18.9 Å². The molecule has 2 aromatic rings. The Balaban J connectivity index is 1.72. The Morgan fingerprint density at radius 3 is 2.90 bits per heavy atom. The largest absolute Gasteiger partial charge is 0.386 e. The quantitative estimate of drug-likeness (QED) is 0.862. The smallest absolute Gasteiger partial charge is 0.220 e. The monoisotopic (exact) mass is 310 g/mol. The maximum absolute atomic E-state index is 11.7. The third-order valence-corrected chi connectivity index (χ3v) is 4.08. The van der Waals surface area contributed by atoms with Crippen LogP contribution in [0.25, 0.3) is 0 Å². The summed E-state index contributed by atoms with van der Waals surface area (Å²) < 4.78 is 0.625. The molecule has 0 saturated carbocycles. The molecule has 0 saturated heterocycles.